The summed E-state index contributed by atoms with van der Waals surface area (Å²) < 4.78 is 0. The maximum Gasteiger partial charge on any atom is 0.00316 e. The molecule has 66 valence electrons. The van der Waals surface area contributed by atoms with Crippen molar-refractivity contribution in [2.45, 2.75) is 45.8 Å². The van der Waals surface area contributed by atoms with Crippen molar-refractivity contribution in [2.75, 3.05) is 0 Å². The molecule has 0 nitrogen and oxygen atoms in total. The van der Waals surface area contributed by atoms with E-state index in [2.05, 4.69) is 39.2 Å². The second-order valence-corrected chi connectivity index (χ2v) is 4.58. The van der Waals surface area contributed by atoms with E-state index in [0.717, 1.165) is 11.2 Å². The lowest BCUT2D eigenvalue weighted by atomic mass is 10.0. The van der Waals surface area contributed by atoms with Crippen LogP contribution in [0.15, 0.2) is 11.5 Å². The Morgan fingerprint density at radius 3 is 2.09 bits per heavy atom. The van der Waals surface area contributed by atoms with Gasteiger partial charge in [-0.2, -0.15) is 0 Å². The molecule has 0 aliphatic rings. The third-order valence-electron chi connectivity index (χ3n) is 1.75. The first kappa shape index (κ1) is 11.1. The first-order valence-electron chi connectivity index (χ1n) is 4.52. The van der Waals surface area contributed by atoms with E-state index < -0.39 is 0 Å². The van der Waals surface area contributed by atoms with Crippen molar-refractivity contribution in [3.05, 3.63) is 11.5 Å². The zero-order valence-electron chi connectivity index (χ0n) is 8.13. The van der Waals surface area contributed by atoms with Gasteiger partial charge < -0.3 is 0 Å². The summed E-state index contributed by atoms with van der Waals surface area (Å²) in [4.78, 5) is 0. The van der Waals surface area contributed by atoms with Crippen LogP contribution in [0.2, 0.25) is 0 Å². The van der Waals surface area contributed by atoms with Crippen LogP contribution in [0, 0.1) is 5.92 Å². The van der Waals surface area contributed by atoms with E-state index >= 15 is 0 Å². The van der Waals surface area contributed by atoms with Crippen molar-refractivity contribution in [1.82, 2.24) is 0 Å². The zero-order valence-corrected chi connectivity index (χ0v) is 8.95. The van der Waals surface area contributed by atoms with Crippen LogP contribution in [-0.2, 0) is 0 Å². The fourth-order valence-electron chi connectivity index (χ4n) is 0.874. The number of thioether (sulfide) groups is 1. The highest BCUT2D eigenvalue weighted by Gasteiger charge is 1.96. The Labute approximate surface area is 75.5 Å². The van der Waals surface area contributed by atoms with Crippen molar-refractivity contribution in [1.29, 1.82) is 0 Å². The molecule has 0 bridgehead atoms. The molecule has 0 aromatic carbocycles. The Kier molecular flexibility index (Phi) is 6.83. The average Bonchev–Trinajstić information content (AvgIpc) is 1.98. The zero-order chi connectivity index (χ0) is 8.69. The fraction of sp³-hybridized carbons (Fsp3) is 0.800. The first-order chi connectivity index (χ1) is 5.20. The minimum atomic E-state index is 0.723. The summed E-state index contributed by atoms with van der Waals surface area (Å²) in [7, 11) is 0. The second kappa shape index (κ2) is 6.78. The molecule has 0 rings (SSSR count). The highest BCUT2D eigenvalue weighted by molar-refractivity contribution is 8.02. The van der Waals surface area contributed by atoms with Crippen LogP contribution >= 0.6 is 11.8 Å². The number of hydrogen-bond acceptors (Lipinski definition) is 1. The lowest BCUT2D eigenvalue weighted by Gasteiger charge is -2.05. The summed E-state index contributed by atoms with van der Waals surface area (Å²) in [5.41, 5.74) is 0. The minimum Gasteiger partial charge on any atom is -0.132 e. The molecule has 0 amide bonds. The molecule has 0 N–H and O–H groups in total. The van der Waals surface area contributed by atoms with Gasteiger partial charge in [-0.1, -0.05) is 33.8 Å². The fourth-order valence-corrected chi connectivity index (χ4v) is 1.50. The van der Waals surface area contributed by atoms with Gasteiger partial charge in [0.2, 0.25) is 0 Å². The predicted octanol–water partition coefficient (Wildman–Crippen LogP) is 4.08. The summed E-state index contributed by atoms with van der Waals surface area (Å²) in [5, 5.41) is 2.98. The van der Waals surface area contributed by atoms with Crippen LogP contribution in [0.4, 0.5) is 0 Å². The van der Waals surface area contributed by atoms with E-state index in [-0.39, 0.29) is 0 Å². The van der Waals surface area contributed by atoms with Gasteiger partial charge in [0.05, 0.1) is 0 Å². The molecule has 0 atom stereocenters. The van der Waals surface area contributed by atoms with Crippen LogP contribution in [0.3, 0.4) is 0 Å². The third-order valence-corrected chi connectivity index (χ3v) is 2.61. The molecule has 0 saturated heterocycles. The molecule has 1 heteroatoms. The van der Waals surface area contributed by atoms with Gasteiger partial charge >= 0.3 is 0 Å². The summed E-state index contributed by atoms with van der Waals surface area (Å²) in [6.07, 6.45) is 4.88. The smallest absolute Gasteiger partial charge is 0.00316 e. The van der Waals surface area contributed by atoms with E-state index in [9.17, 15) is 0 Å². The van der Waals surface area contributed by atoms with Gasteiger partial charge in [0.25, 0.3) is 0 Å². The van der Waals surface area contributed by atoms with E-state index in [0.29, 0.717) is 0 Å². The van der Waals surface area contributed by atoms with Gasteiger partial charge in [-0.05, 0) is 24.2 Å². The molecular formula is C10H20S. The normalized spacial score (nSPS) is 12.2. The number of rotatable bonds is 5. The highest BCUT2D eigenvalue weighted by Crippen LogP contribution is 2.15. The largest absolute Gasteiger partial charge is 0.132 e. The van der Waals surface area contributed by atoms with E-state index in [1.54, 1.807) is 0 Å². The minimum absolute atomic E-state index is 0.723. The monoisotopic (exact) mass is 172 g/mol. The average molecular weight is 172 g/mol. The van der Waals surface area contributed by atoms with Crippen LogP contribution in [0.5, 0.6) is 0 Å². The third kappa shape index (κ3) is 6.49. The summed E-state index contributed by atoms with van der Waals surface area (Å²) in [5.74, 6) is 0.793. The molecule has 0 aromatic rings. The van der Waals surface area contributed by atoms with Crippen molar-refractivity contribution >= 4 is 11.8 Å². The Balaban J connectivity index is 3.53. The van der Waals surface area contributed by atoms with Crippen LogP contribution in [0.25, 0.3) is 0 Å². The number of allylic oxidation sites excluding steroid dienone is 1. The van der Waals surface area contributed by atoms with Crippen molar-refractivity contribution < 1.29 is 0 Å². The van der Waals surface area contributed by atoms with Crippen LogP contribution in [-0.4, -0.2) is 5.25 Å². The lowest BCUT2D eigenvalue weighted by molar-refractivity contribution is 0.607. The van der Waals surface area contributed by atoms with Crippen molar-refractivity contribution in [2.24, 2.45) is 5.92 Å². The quantitative estimate of drug-likeness (QED) is 0.602. The maximum absolute atomic E-state index is 2.34. The number of hydrogen-bond donors (Lipinski definition) is 0. The predicted molar refractivity (Wildman–Crippen MR) is 55.9 cm³/mol. The molecule has 0 fully saturated rings. The molecule has 0 aromatic heterocycles. The van der Waals surface area contributed by atoms with Gasteiger partial charge in [0, 0.05) is 5.25 Å². The van der Waals surface area contributed by atoms with E-state index in [1.807, 2.05) is 11.8 Å². The molecule has 0 aliphatic carbocycles. The Morgan fingerprint density at radius 1 is 1.18 bits per heavy atom. The molecule has 0 spiro atoms. The lowest BCUT2D eigenvalue weighted by Crippen LogP contribution is -1.90. The SMILES string of the molecule is CCC(/C=C\SC(C)C)CC. The Bertz CT molecular complexity index is 101. The van der Waals surface area contributed by atoms with Crippen LogP contribution in [0.1, 0.15) is 40.5 Å². The topological polar surface area (TPSA) is 0 Å². The highest BCUT2D eigenvalue weighted by atomic mass is 32.2. The Morgan fingerprint density at radius 2 is 1.73 bits per heavy atom. The van der Waals surface area contributed by atoms with Crippen molar-refractivity contribution in [3.8, 4) is 0 Å². The molecule has 0 aliphatic heterocycles. The van der Waals surface area contributed by atoms with Gasteiger partial charge in [0.15, 0.2) is 0 Å². The van der Waals surface area contributed by atoms with Gasteiger partial charge in [-0.3, -0.25) is 0 Å². The van der Waals surface area contributed by atoms with Crippen LogP contribution < -0.4 is 0 Å². The molecule has 11 heavy (non-hydrogen) atoms. The first-order valence-corrected chi connectivity index (χ1v) is 5.47. The maximum atomic E-state index is 2.34. The standard InChI is InChI=1S/C10H20S/c1-5-10(6-2)7-8-11-9(3)4/h7-10H,5-6H2,1-4H3/b8-7-. The molecule has 0 unspecified atom stereocenters. The second-order valence-electron chi connectivity index (χ2n) is 3.09. The molecular weight excluding hydrogens is 152 g/mol. The van der Waals surface area contributed by atoms with Gasteiger partial charge in [-0.25, -0.2) is 0 Å². The molecule has 0 saturated carbocycles. The van der Waals surface area contributed by atoms with Gasteiger partial charge in [0.1, 0.15) is 0 Å². The van der Waals surface area contributed by atoms with Gasteiger partial charge in [-0.15, -0.1) is 11.8 Å². The van der Waals surface area contributed by atoms with E-state index in [4.69, 9.17) is 0 Å². The molecule has 0 heterocycles. The van der Waals surface area contributed by atoms with Crippen molar-refractivity contribution in [3.63, 3.8) is 0 Å². The summed E-state index contributed by atoms with van der Waals surface area (Å²) in [6, 6.07) is 0. The van der Waals surface area contributed by atoms with E-state index in [1.165, 1.54) is 12.8 Å². The Hall–Kier alpha value is 0.0900. The summed E-state index contributed by atoms with van der Waals surface area (Å²) in [6.45, 7) is 8.95. The summed E-state index contributed by atoms with van der Waals surface area (Å²) >= 11 is 1.91. The molecule has 0 radical (unpaired) electrons.